The van der Waals surface area contributed by atoms with Gasteiger partial charge in [-0.15, -0.1) is 0 Å². The topological polar surface area (TPSA) is 54.0 Å². The van der Waals surface area contributed by atoms with Gasteiger partial charge in [0, 0.05) is 32.3 Å². The highest BCUT2D eigenvalue weighted by Crippen LogP contribution is 2.57. The molecule has 0 spiro atoms. The molecule has 8 bridgehead atoms. The monoisotopic (exact) mass is 812 g/mol. The predicted molar refractivity (Wildman–Crippen MR) is 235 cm³/mol. The van der Waals surface area contributed by atoms with Crippen molar-refractivity contribution in [3.63, 3.8) is 0 Å². The Morgan fingerprint density at radius 2 is 1.27 bits per heavy atom. The molecular formula is C47H77ClO5Si2. The molecule has 8 aliphatic carbocycles. The molecule has 4 fully saturated rings. The van der Waals surface area contributed by atoms with Gasteiger partial charge in [0.05, 0.1) is 5.92 Å². The highest BCUT2D eigenvalue weighted by atomic mass is 35.6. The first-order chi connectivity index (χ1) is 26.4. The Kier molecular flexibility index (Phi) is 18.6. The van der Waals surface area contributed by atoms with Crippen molar-refractivity contribution in [3.8, 4) is 12.0 Å². The summed E-state index contributed by atoms with van der Waals surface area (Å²) < 4.78 is 22.8. The van der Waals surface area contributed by atoms with Gasteiger partial charge in [-0.3, -0.25) is 4.79 Å². The fourth-order valence-electron chi connectivity index (χ4n) is 11.1. The molecule has 0 radical (unpaired) electrons. The van der Waals surface area contributed by atoms with E-state index in [0.29, 0.717) is 48.5 Å². The maximum atomic E-state index is 11.4. The summed E-state index contributed by atoms with van der Waals surface area (Å²) in [5.41, 5.74) is 1.11. The van der Waals surface area contributed by atoms with Crippen LogP contribution in [0.4, 0.5) is 0 Å². The molecular weight excluding hydrogens is 736 g/mol. The highest BCUT2D eigenvalue weighted by Gasteiger charge is 2.56. The quantitative estimate of drug-likeness (QED) is 0.0684. The second-order valence-electron chi connectivity index (χ2n) is 17.8. The Bertz CT molecular complexity index is 1360. The standard InChI is InChI=1S/C13H24O3Si.C11H12O2.C11H18.C10H16.C2H7ClSi/c1-4-14-17(15-5-2,16-6-3)13-10-11-7-8-12(13)9-11;1-2-5-13-11(12)10-7-8-3-4-9(10)6-8;1-4-11(3)8(2)9-5-6-10(11)7-9;1-2-3-9-6-8-4-5-10(9)7-8;1-4(2)3/h7-8,11-13H,4-6,9-10H2,1-3H3;3-4,8-10H,6-7H2,1H3;5-6,8-10H,4,7H2,1-3H3;4-5,8-10H,2-3,6-7H2,1H3;4H,1-2H3. The largest absolute Gasteiger partial charge is 0.504 e. The van der Waals surface area contributed by atoms with Crippen LogP contribution in [0, 0.1) is 82.5 Å². The lowest BCUT2D eigenvalue weighted by molar-refractivity contribution is -0.142. The Labute approximate surface area is 344 Å². The third-order valence-electron chi connectivity index (χ3n) is 14.1. The number of ether oxygens (including phenoxy) is 1. The van der Waals surface area contributed by atoms with Crippen LogP contribution in [0.1, 0.15) is 120 Å². The van der Waals surface area contributed by atoms with E-state index in [1.54, 1.807) is 6.92 Å². The van der Waals surface area contributed by atoms with Crippen LogP contribution >= 0.6 is 11.1 Å². The van der Waals surface area contributed by atoms with E-state index in [-0.39, 0.29) is 11.9 Å². The molecule has 0 amide bonds. The van der Waals surface area contributed by atoms with Crippen molar-refractivity contribution in [3.05, 3.63) is 48.6 Å². The molecule has 13 atom stereocenters. The van der Waals surface area contributed by atoms with Gasteiger partial charge >= 0.3 is 14.8 Å². The fraction of sp³-hybridized carbons (Fsp3) is 0.766. The van der Waals surface area contributed by atoms with Crippen LogP contribution in [0.2, 0.25) is 18.6 Å². The van der Waals surface area contributed by atoms with Crippen molar-refractivity contribution in [2.24, 2.45) is 70.5 Å². The minimum Gasteiger partial charge on any atom is -0.374 e. The zero-order valence-corrected chi connectivity index (χ0v) is 39.1. The van der Waals surface area contributed by atoms with Crippen LogP contribution in [0.3, 0.4) is 0 Å². The molecule has 55 heavy (non-hydrogen) atoms. The number of hydrogen-bond acceptors (Lipinski definition) is 5. The van der Waals surface area contributed by atoms with E-state index >= 15 is 0 Å². The summed E-state index contributed by atoms with van der Waals surface area (Å²) in [4.78, 5) is 11.4. The summed E-state index contributed by atoms with van der Waals surface area (Å²) >= 11 is 5.41. The molecule has 0 aromatic rings. The van der Waals surface area contributed by atoms with E-state index in [4.69, 9.17) is 29.1 Å². The summed E-state index contributed by atoms with van der Waals surface area (Å²) in [6, 6.07) is 0. The summed E-state index contributed by atoms with van der Waals surface area (Å²) in [7, 11) is -3.13. The molecule has 0 heterocycles. The van der Waals surface area contributed by atoms with Gasteiger partial charge in [0.25, 0.3) is 0 Å². The van der Waals surface area contributed by atoms with E-state index in [2.05, 4.69) is 101 Å². The maximum Gasteiger partial charge on any atom is 0.504 e. The zero-order chi connectivity index (χ0) is 40.2. The van der Waals surface area contributed by atoms with Gasteiger partial charge in [-0.2, -0.15) is 11.1 Å². The first-order valence-electron chi connectivity index (χ1n) is 22.3. The molecule has 8 aliphatic rings. The number of rotatable bonds is 11. The van der Waals surface area contributed by atoms with E-state index in [1.165, 1.54) is 51.4 Å². The Hall–Kier alpha value is -1.41. The van der Waals surface area contributed by atoms with Gasteiger partial charge in [0.15, 0.2) is 0 Å². The molecule has 5 nitrogen and oxygen atoms in total. The first kappa shape index (κ1) is 46.3. The van der Waals surface area contributed by atoms with Crippen LogP contribution in [0.15, 0.2) is 48.6 Å². The number of hydrogen-bond donors (Lipinski definition) is 0. The van der Waals surface area contributed by atoms with Crippen LogP contribution in [-0.4, -0.2) is 42.7 Å². The third-order valence-corrected chi connectivity index (χ3v) is 17.7. The minimum absolute atomic E-state index is 0.0656. The molecule has 13 unspecified atom stereocenters. The van der Waals surface area contributed by atoms with Crippen molar-refractivity contribution in [1.29, 1.82) is 0 Å². The van der Waals surface area contributed by atoms with Crippen molar-refractivity contribution in [2.45, 2.75) is 138 Å². The number of carbonyl (C=O) groups excluding carboxylic acids is 1. The zero-order valence-electron chi connectivity index (χ0n) is 36.2. The van der Waals surface area contributed by atoms with Crippen molar-refractivity contribution < 1.29 is 22.8 Å². The Balaban J connectivity index is 0.000000160. The van der Waals surface area contributed by atoms with E-state index in [9.17, 15) is 4.79 Å². The van der Waals surface area contributed by atoms with Gasteiger partial charge in [0.2, 0.25) is 0 Å². The second-order valence-corrected chi connectivity index (χ2v) is 25.3. The first-order valence-corrected chi connectivity index (χ1v) is 28.1. The van der Waals surface area contributed by atoms with Gasteiger partial charge in [-0.25, -0.2) is 0 Å². The Morgan fingerprint density at radius 1 is 0.745 bits per heavy atom. The van der Waals surface area contributed by atoms with E-state index < -0.39 is 16.9 Å². The van der Waals surface area contributed by atoms with Crippen molar-refractivity contribution >= 4 is 34.0 Å². The highest BCUT2D eigenvalue weighted by molar-refractivity contribution is 7.05. The molecule has 8 rings (SSSR count). The third kappa shape index (κ3) is 11.8. The van der Waals surface area contributed by atoms with E-state index in [0.717, 1.165) is 54.3 Å². The molecule has 0 aliphatic heterocycles. The van der Waals surface area contributed by atoms with Crippen molar-refractivity contribution in [2.75, 3.05) is 19.8 Å². The number of fused-ring (bicyclic) bond motifs is 8. The van der Waals surface area contributed by atoms with Gasteiger partial charge < -0.3 is 18.0 Å². The number of halogens is 1. The normalized spacial score (nSPS) is 37.0. The van der Waals surface area contributed by atoms with E-state index in [1.807, 2.05) is 20.8 Å². The van der Waals surface area contributed by atoms with Crippen LogP contribution in [0.5, 0.6) is 0 Å². The van der Waals surface area contributed by atoms with Gasteiger partial charge in [-0.05, 0) is 137 Å². The SMILES string of the molecule is CC#COC(=O)C1CC2C=CC1C2.CCC1(C)C2C=CC(C2)C1C.CCCC1CC2C=CC1C2.CCO[Si](OCC)(OCC)C1CC2C=CC1C2.C[SiH](C)Cl. The second kappa shape index (κ2) is 22.1. The van der Waals surface area contributed by atoms with Gasteiger partial charge in [0.1, 0.15) is 14.2 Å². The molecule has 0 aromatic heterocycles. The number of esters is 1. The number of carbonyl (C=O) groups is 1. The fourth-order valence-corrected chi connectivity index (χ4v) is 14.5. The molecule has 4 saturated carbocycles. The summed E-state index contributed by atoms with van der Waals surface area (Å²) in [5.74, 6) is 10.6. The molecule has 0 N–H and O–H groups in total. The lowest BCUT2D eigenvalue weighted by atomic mass is 9.69. The summed E-state index contributed by atoms with van der Waals surface area (Å²) in [5, 5.41) is 0. The lowest BCUT2D eigenvalue weighted by Crippen LogP contribution is -2.51. The minimum atomic E-state index is -2.47. The molecule has 0 aromatic carbocycles. The lowest BCUT2D eigenvalue weighted by Gasteiger charge is -2.36. The van der Waals surface area contributed by atoms with Crippen LogP contribution < -0.4 is 0 Å². The van der Waals surface area contributed by atoms with Crippen molar-refractivity contribution in [1.82, 2.24) is 0 Å². The average molecular weight is 814 g/mol. The predicted octanol–water partition coefficient (Wildman–Crippen LogP) is 12.2. The maximum absolute atomic E-state index is 11.4. The summed E-state index contributed by atoms with van der Waals surface area (Å²) in [6.45, 7) is 23.5. The smallest absolute Gasteiger partial charge is 0.374 e. The molecule has 310 valence electrons. The van der Waals surface area contributed by atoms with Crippen LogP contribution in [0.25, 0.3) is 0 Å². The van der Waals surface area contributed by atoms with Crippen LogP contribution in [-0.2, 0) is 22.8 Å². The number of allylic oxidation sites excluding steroid dienone is 8. The summed E-state index contributed by atoms with van der Waals surface area (Å²) in [6.07, 6.45) is 34.3. The molecule has 8 heteroatoms. The Morgan fingerprint density at radius 3 is 1.64 bits per heavy atom. The molecule has 0 saturated heterocycles. The van der Waals surface area contributed by atoms with Gasteiger partial charge in [-0.1, -0.05) is 108 Å². The average Bonchev–Trinajstić information content (AvgIpc) is 4.04.